The number of ether oxygens (including phenoxy) is 2. The summed E-state index contributed by atoms with van der Waals surface area (Å²) in [6, 6.07) is 16.4. The van der Waals surface area contributed by atoms with Crippen LogP contribution in [0.5, 0.6) is 11.5 Å². The van der Waals surface area contributed by atoms with Gasteiger partial charge in [-0.1, -0.05) is 37.3 Å². The topological polar surface area (TPSA) is 105 Å². The molecule has 0 heterocycles. The molecule has 2 atom stereocenters. The molecule has 0 fully saturated rings. The Kier molecular flexibility index (Phi) is 11.6. The van der Waals surface area contributed by atoms with Crippen molar-refractivity contribution in [3.8, 4) is 11.5 Å². The second-order valence-corrected chi connectivity index (χ2v) is 7.59. The van der Waals surface area contributed by atoms with E-state index in [0.29, 0.717) is 18.1 Å². The van der Waals surface area contributed by atoms with Crippen LogP contribution in [0, 0.1) is 12.8 Å². The SMILES string of the molecule is CNCC(C)C(Oc1ccc(OC(C)C)cc1C)c1ccccc1.O=C(O)/C=C/C(=O)O. The second-order valence-electron chi connectivity index (χ2n) is 7.59. The Labute approximate surface area is 189 Å². The number of carboxylic acids is 2. The number of hydrogen-bond acceptors (Lipinski definition) is 5. The van der Waals surface area contributed by atoms with E-state index < -0.39 is 11.9 Å². The number of carbonyl (C=O) groups is 2. The lowest BCUT2D eigenvalue weighted by atomic mass is 9.97. The average molecular weight is 444 g/mol. The summed E-state index contributed by atoms with van der Waals surface area (Å²) in [4.78, 5) is 19.1. The monoisotopic (exact) mass is 443 g/mol. The maximum atomic E-state index is 9.55. The van der Waals surface area contributed by atoms with Crippen molar-refractivity contribution in [2.24, 2.45) is 5.92 Å². The largest absolute Gasteiger partial charge is 0.491 e. The zero-order valence-corrected chi connectivity index (χ0v) is 19.2. The molecule has 174 valence electrons. The van der Waals surface area contributed by atoms with Crippen molar-refractivity contribution in [3.63, 3.8) is 0 Å². The Bertz CT molecular complexity index is 863. The van der Waals surface area contributed by atoms with Crippen molar-refractivity contribution in [2.45, 2.75) is 39.9 Å². The molecule has 0 aliphatic heterocycles. The zero-order chi connectivity index (χ0) is 24.1. The van der Waals surface area contributed by atoms with Crippen LogP contribution < -0.4 is 14.8 Å². The fourth-order valence-corrected chi connectivity index (χ4v) is 2.96. The van der Waals surface area contributed by atoms with Gasteiger partial charge >= 0.3 is 11.9 Å². The van der Waals surface area contributed by atoms with Gasteiger partial charge in [0.2, 0.25) is 0 Å². The Balaban J connectivity index is 0.000000547. The maximum Gasteiger partial charge on any atom is 0.328 e. The van der Waals surface area contributed by atoms with Gasteiger partial charge < -0.3 is 25.0 Å². The quantitative estimate of drug-likeness (QED) is 0.465. The van der Waals surface area contributed by atoms with E-state index in [2.05, 4.69) is 43.4 Å². The number of nitrogens with one attached hydrogen (secondary N) is 1. The average Bonchev–Trinajstić information content (AvgIpc) is 2.72. The highest BCUT2D eigenvalue weighted by atomic mass is 16.5. The molecule has 3 N–H and O–H groups in total. The Morgan fingerprint density at radius 2 is 1.56 bits per heavy atom. The molecule has 0 amide bonds. The lowest BCUT2D eigenvalue weighted by Gasteiger charge is -2.26. The molecule has 2 aromatic carbocycles. The number of aryl methyl sites for hydroxylation is 1. The second kappa shape index (κ2) is 13.9. The van der Waals surface area contributed by atoms with Crippen LogP contribution in [-0.4, -0.2) is 41.8 Å². The minimum Gasteiger partial charge on any atom is -0.491 e. The Morgan fingerprint density at radius 3 is 2.03 bits per heavy atom. The van der Waals surface area contributed by atoms with Crippen LogP contribution in [0.4, 0.5) is 0 Å². The first-order chi connectivity index (χ1) is 15.1. The molecule has 32 heavy (non-hydrogen) atoms. The van der Waals surface area contributed by atoms with Gasteiger partial charge in [0.25, 0.3) is 0 Å². The van der Waals surface area contributed by atoms with E-state index in [-0.39, 0.29) is 12.2 Å². The van der Waals surface area contributed by atoms with E-state index in [9.17, 15) is 9.59 Å². The first-order valence-electron chi connectivity index (χ1n) is 10.4. The molecule has 0 saturated heterocycles. The van der Waals surface area contributed by atoms with Crippen LogP contribution in [0.3, 0.4) is 0 Å². The first-order valence-corrected chi connectivity index (χ1v) is 10.4. The third kappa shape index (κ3) is 10.1. The molecule has 0 radical (unpaired) electrons. The lowest BCUT2D eigenvalue weighted by molar-refractivity contribution is -0.134. The molecule has 0 bridgehead atoms. The summed E-state index contributed by atoms with van der Waals surface area (Å²) in [5, 5.41) is 18.9. The standard InChI is InChI=1S/C21H29NO2.C4H4O4/c1-15(2)23-19-11-12-20(16(3)13-19)24-21(17(4)14-22-5)18-9-7-6-8-10-18;5-3(6)1-2-4(7)8/h6-13,15,17,21-22H,14H2,1-5H3;1-2H,(H,5,6)(H,7,8)/b;2-1+. The maximum absolute atomic E-state index is 9.55. The van der Waals surface area contributed by atoms with Crippen molar-refractivity contribution in [2.75, 3.05) is 13.6 Å². The molecule has 0 aliphatic rings. The number of carboxylic acid groups (broad SMARTS) is 2. The van der Waals surface area contributed by atoms with Gasteiger partial charge in [-0.2, -0.15) is 0 Å². The van der Waals surface area contributed by atoms with Crippen molar-refractivity contribution < 1.29 is 29.3 Å². The highest BCUT2D eigenvalue weighted by Gasteiger charge is 2.21. The summed E-state index contributed by atoms with van der Waals surface area (Å²) in [5.41, 5.74) is 2.29. The molecule has 0 saturated carbocycles. The van der Waals surface area contributed by atoms with E-state index in [1.807, 2.05) is 45.2 Å². The van der Waals surface area contributed by atoms with Crippen LogP contribution in [0.25, 0.3) is 0 Å². The Hall–Kier alpha value is -3.32. The summed E-state index contributed by atoms with van der Waals surface area (Å²) in [7, 11) is 1.97. The van der Waals surface area contributed by atoms with Gasteiger partial charge in [-0.15, -0.1) is 0 Å². The molecular formula is C25H33NO6. The van der Waals surface area contributed by atoms with Gasteiger partial charge in [0.15, 0.2) is 0 Å². The van der Waals surface area contributed by atoms with Crippen LogP contribution in [0.15, 0.2) is 60.7 Å². The predicted molar refractivity (Wildman–Crippen MR) is 124 cm³/mol. The van der Waals surface area contributed by atoms with Crippen LogP contribution in [0.1, 0.15) is 38.0 Å². The summed E-state index contributed by atoms with van der Waals surface area (Å²) in [6.07, 6.45) is 1.29. The van der Waals surface area contributed by atoms with E-state index in [0.717, 1.165) is 23.6 Å². The molecule has 7 nitrogen and oxygen atoms in total. The van der Waals surface area contributed by atoms with Gasteiger partial charge in [-0.05, 0) is 57.1 Å². The minimum absolute atomic E-state index is 0.00853. The summed E-state index contributed by atoms with van der Waals surface area (Å²) in [5.74, 6) is -0.375. The smallest absolute Gasteiger partial charge is 0.328 e. The van der Waals surface area contributed by atoms with Crippen LogP contribution in [0.2, 0.25) is 0 Å². The van der Waals surface area contributed by atoms with Crippen LogP contribution in [-0.2, 0) is 9.59 Å². The van der Waals surface area contributed by atoms with E-state index in [1.54, 1.807) is 0 Å². The van der Waals surface area contributed by atoms with Gasteiger partial charge in [0.05, 0.1) is 6.10 Å². The molecular weight excluding hydrogens is 410 g/mol. The molecule has 2 rings (SSSR count). The third-order valence-corrected chi connectivity index (χ3v) is 4.31. The fourth-order valence-electron chi connectivity index (χ4n) is 2.96. The summed E-state index contributed by atoms with van der Waals surface area (Å²) < 4.78 is 12.2. The van der Waals surface area contributed by atoms with Crippen molar-refractivity contribution in [1.82, 2.24) is 5.32 Å². The van der Waals surface area contributed by atoms with E-state index in [1.165, 1.54) is 5.56 Å². The fraction of sp³-hybridized carbons (Fsp3) is 0.360. The van der Waals surface area contributed by atoms with Gasteiger partial charge in [0.1, 0.15) is 17.6 Å². The Morgan fingerprint density at radius 1 is 0.969 bits per heavy atom. The molecule has 2 unspecified atom stereocenters. The normalized spacial score (nSPS) is 12.6. The zero-order valence-electron chi connectivity index (χ0n) is 19.2. The van der Waals surface area contributed by atoms with Crippen LogP contribution >= 0.6 is 0 Å². The van der Waals surface area contributed by atoms with Gasteiger partial charge in [-0.3, -0.25) is 0 Å². The molecule has 2 aromatic rings. The number of benzene rings is 2. The van der Waals surface area contributed by atoms with Gasteiger partial charge in [0, 0.05) is 24.6 Å². The van der Waals surface area contributed by atoms with Gasteiger partial charge in [-0.25, -0.2) is 9.59 Å². The van der Waals surface area contributed by atoms with Crippen molar-refractivity contribution in [3.05, 3.63) is 71.8 Å². The van der Waals surface area contributed by atoms with Crippen molar-refractivity contribution in [1.29, 1.82) is 0 Å². The molecule has 0 spiro atoms. The van der Waals surface area contributed by atoms with E-state index in [4.69, 9.17) is 19.7 Å². The minimum atomic E-state index is -1.26. The highest BCUT2D eigenvalue weighted by molar-refractivity contribution is 5.89. The molecule has 7 heteroatoms. The predicted octanol–water partition coefficient (Wildman–Crippen LogP) is 4.47. The number of hydrogen-bond donors (Lipinski definition) is 3. The molecule has 0 aromatic heterocycles. The summed E-state index contributed by atoms with van der Waals surface area (Å²) >= 11 is 0. The summed E-state index contributed by atoms with van der Waals surface area (Å²) in [6.45, 7) is 9.23. The number of aliphatic carboxylic acids is 2. The number of rotatable bonds is 10. The van der Waals surface area contributed by atoms with E-state index >= 15 is 0 Å². The third-order valence-electron chi connectivity index (χ3n) is 4.31. The molecule has 0 aliphatic carbocycles. The lowest BCUT2D eigenvalue weighted by Crippen LogP contribution is -2.26. The first kappa shape index (κ1) is 26.7. The van der Waals surface area contributed by atoms with Crippen molar-refractivity contribution >= 4 is 11.9 Å². The highest BCUT2D eigenvalue weighted by Crippen LogP contribution is 2.32.